The molecule has 0 aliphatic rings. The topological polar surface area (TPSA) is 107 Å². The lowest BCUT2D eigenvalue weighted by molar-refractivity contribution is 0.0941. The zero-order valence-electron chi connectivity index (χ0n) is 12.5. The van der Waals surface area contributed by atoms with Crippen LogP contribution in [0.25, 0.3) is 0 Å². The molecule has 0 radical (unpaired) electrons. The number of carbonyl (C=O) groups is 1. The number of aromatic nitrogens is 2. The largest absolute Gasteiger partial charge is 0.395 e. The number of nitrogen functional groups attached to an aromatic ring is 1. The minimum absolute atomic E-state index is 0.0120. The SMILES string of the molecule is CCn1nc(C)c(N)c1C(=O)NCC(C)(C)S(C)(=O)=O. The van der Waals surface area contributed by atoms with Crippen molar-refractivity contribution < 1.29 is 13.2 Å². The Hall–Kier alpha value is -1.57. The summed E-state index contributed by atoms with van der Waals surface area (Å²) in [5, 5.41) is 6.77. The second kappa shape index (κ2) is 5.43. The van der Waals surface area contributed by atoms with Crippen LogP contribution in [0.5, 0.6) is 0 Å². The van der Waals surface area contributed by atoms with E-state index < -0.39 is 20.5 Å². The predicted octanol–water partition coefficient (Wildman–Crippen LogP) is 0.347. The van der Waals surface area contributed by atoms with Gasteiger partial charge in [-0.2, -0.15) is 5.10 Å². The molecule has 8 heteroatoms. The van der Waals surface area contributed by atoms with E-state index in [1.807, 2.05) is 6.92 Å². The summed E-state index contributed by atoms with van der Waals surface area (Å²) in [5.74, 6) is -0.415. The van der Waals surface area contributed by atoms with Gasteiger partial charge in [-0.05, 0) is 27.7 Å². The number of rotatable bonds is 5. The van der Waals surface area contributed by atoms with Crippen LogP contribution in [0.1, 0.15) is 37.0 Å². The summed E-state index contributed by atoms with van der Waals surface area (Å²) < 4.78 is 23.7. The van der Waals surface area contributed by atoms with E-state index in [4.69, 9.17) is 5.73 Å². The highest BCUT2D eigenvalue weighted by atomic mass is 32.2. The second-order valence-corrected chi connectivity index (χ2v) is 8.03. The molecule has 7 nitrogen and oxygen atoms in total. The molecule has 0 aliphatic carbocycles. The van der Waals surface area contributed by atoms with Crippen LogP contribution in [0.3, 0.4) is 0 Å². The Morgan fingerprint density at radius 1 is 1.45 bits per heavy atom. The van der Waals surface area contributed by atoms with E-state index in [0.717, 1.165) is 6.26 Å². The van der Waals surface area contributed by atoms with Gasteiger partial charge in [-0.25, -0.2) is 8.42 Å². The zero-order chi connectivity index (χ0) is 15.7. The number of carbonyl (C=O) groups excluding carboxylic acids is 1. The van der Waals surface area contributed by atoms with Gasteiger partial charge in [0, 0.05) is 19.3 Å². The van der Waals surface area contributed by atoms with Crippen LogP contribution in [0.2, 0.25) is 0 Å². The number of nitrogens with zero attached hydrogens (tertiary/aromatic N) is 2. The van der Waals surface area contributed by atoms with Gasteiger partial charge >= 0.3 is 0 Å². The Morgan fingerprint density at radius 2 is 2.00 bits per heavy atom. The van der Waals surface area contributed by atoms with E-state index in [0.29, 0.717) is 17.9 Å². The Morgan fingerprint density at radius 3 is 2.45 bits per heavy atom. The van der Waals surface area contributed by atoms with E-state index in [1.165, 1.54) is 4.68 Å². The van der Waals surface area contributed by atoms with E-state index in [9.17, 15) is 13.2 Å². The van der Waals surface area contributed by atoms with Crippen molar-refractivity contribution in [3.63, 3.8) is 0 Å². The van der Waals surface area contributed by atoms with Crippen LogP contribution >= 0.6 is 0 Å². The van der Waals surface area contributed by atoms with E-state index in [1.54, 1.807) is 20.8 Å². The molecule has 0 bridgehead atoms. The fraction of sp³-hybridized carbons (Fsp3) is 0.667. The van der Waals surface area contributed by atoms with Crippen LogP contribution in [-0.4, -0.2) is 41.7 Å². The first-order valence-electron chi connectivity index (χ1n) is 6.32. The van der Waals surface area contributed by atoms with Gasteiger partial charge in [0.25, 0.3) is 5.91 Å². The average Bonchev–Trinajstić information content (AvgIpc) is 2.61. The molecule has 3 N–H and O–H groups in total. The number of hydrogen-bond acceptors (Lipinski definition) is 5. The molecule has 0 atom stereocenters. The van der Waals surface area contributed by atoms with E-state index in [2.05, 4.69) is 10.4 Å². The molecule has 0 fully saturated rings. The summed E-state index contributed by atoms with van der Waals surface area (Å²) in [6, 6.07) is 0. The summed E-state index contributed by atoms with van der Waals surface area (Å²) in [4.78, 5) is 12.2. The molecule has 0 aliphatic heterocycles. The number of sulfone groups is 1. The number of aryl methyl sites for hydroxylation is 2. The van der Waals surface area contributed by atoms with Crippen molar-refractivity contribution in [3.8, 4) is 0 Å². The maximum atomic E-state index is 12.2. The normalized spacial score (nSPS) is 12.4. The first-order valence-corrected chi connectivity index (χ1v) is 8.21. The molecule has 1 aromatic rings. The van der Waals surface area contributed by atoms with Gasteiger partial charge in [0.05, 0.1) is 16.1 Å². The fourth-order valence-electron chi connectivity index (χ4n) is 1.57. The van der Waals surface area contributed by atoms with Gasteiger partial charge in [0.2, 0.25) is 0 Å². The molecule has 0 saturated heterocycles. The van der Waals surface area contributed by atoms with E-state index in [-0.39, 0.29) is 12.2 Å². The van der Waals surface area contributed by atoms with Crippen molar-refractivity contribution in [1.82, 2.24) is 15.1 Å². The summed E-state index contributed by atoms with van der Waals surface area (Å²) >= 11 is 0. The summed E-state index contributed by atoms with van der Waals surface area (Å²) in [6.07, 6.45) is 1.15. The minimum atomic E-state index is -3.27. The average molecular weight is 302 g/mol. The molecule has 20 heavy (non-hydrogen) atoms. The molecule has 0 unspecified atom stereocenters. The Bertz CT molecular complexity index is 617. The van der Waals surface area contributed by atoms with Crippen LogP contribution in [-0.2, 0) is 16.4 Å². The Kier molecular flexibility index (Phi) is 4.48. The molecule has 0 aromatic carbocycles. The molecule has 114 valence electrons. The number of anilines is 1. The highest BCUT2D eigenvalue weighted by Gasteiger charge is 2.31. The third-order valence-corrected chi connectivity index (χ3v) is 5.52. The van der Waals surface area contributed by atoms with Gasteiger partial charge in [0.1, 0.15) is 5.69 Å². The monoisotopic (exact) mass is 302 g/mol. The quantitative estimate of drug-likeness (QED) is 0.816. The molecule has 0 saturated carbocycles. The van der Waals surface area contributed by atoms with Crippen molar-refractivity contribution in [3.05, 3.63) is 11.4 Å². The van der Waals surface area contributed by atoms with Gasteiger partial charge in [-0.3, -0.25) is 9.48 Å². The standard InChI is InChI=1S/C12H22N4O3S/c1-6-16-10(9(13)8(2)15-16)11(17)14-7-12(3,4)20(5,18)19/h6-7,13H2,1-5H3,(H,14,17). The molecular formula is C12H22N4O3S. The highest BCUT2D eigenvalue weighted by molar-refractivity contribution is 7.92. The van der Waals surface area contributed by atoms with Crippen molar-refractivity contribution in [2.75, 3.05) is 18.5 Å². The van der Waals surface area contributed by atoms with Crippen molar-refractivity contribution >= 4 is 21.4 Å². The van der Waals surface area contributed by atoms with Gasteiger partial charge in [-0.1, -0.05) is 0 Å². The number of amides is 1. The molecule has 1 heterocycles. The van der Waals surface area contributed by atoms with Gasteiger partial charge in [-0.15, -0.1) is 0 Å². The fourth-order valence-corrected chi connectivity index (χ4v) is 1.91. The van der Waals surface area contributed by atoms with Crippen LogP contribution in [0.15, 0.2) is 0 Å². The lowest BCUT2D eigenvalue weighted by Crippen LogP contribution is -2.44. The maximum absolute atomic E-state index is 12.2. The van der Waals surface area contributed by atoms with Crippen LogP contribution < -0.4 is 11.1 Å². The summed E-state index contributed by atoms with van der Waals surface area (Å²) in [6.45, 7) is 7.22. The predicted molar refractivity (Wildman–Crippen MR) is 78.3 cm³/mol. The van der Waals surface area contributed by atoms with E-state index >= 15 is 0 Å². The maximum Gasteiger partial charge on any atom is 0.271 e. The molecule has 1 amide bonds. The third kappa shape index (κ3) is 3.12. The Balaban J connectivity index is 2.94. The first kappa shape index (κ1) is 16.5. The van der Waals surface area contributed by atoms with Crippen molar-refractivity contribution in [2.45, 2.75) is 39.0 Å². The lowest BCUT2D eigenvalue weighted by atomic mass is 10.2. The Labute approximate surface area is 119 Å². The van der Waals surface area contributed by atoms with Gasteiger partial charge in [0.15, 0.2) is 9.84 Å². The number of nitrogens with one attached hydrogen (secondary N) is 1. The zero-order valence-corrected chi connectivity index (χ0v) is 13.3. The molecule has 0 spiro atoms. The summed E-state index contributed by atoms with van der Waals surface area (Å²) in [5.41, 5.74) is 7.02. The van der Waals surface area contributed by atoms with Crippen LogP contribution in [0.4, 0.5) is 5.69 Å². The first-order chi connectivity index (χ1) is 9.01. The summed E-state index contributed by atoms with van der Waals surface area (Å²) in [7, 11) is -3.27. The molecule has 1 rings (SSSR count). The number of nitrogens with two attached hydrogens (primary N) is 1. The van der Waals surface area contributed by atoms with Crippen molar-refractivity contribution in [1.29, 1.82) is 0 Å². The van der Waals surface area contributed by atoms with Crippen LogP contribution in [0, 0.1) is 6.92 Å². The molecular weight excluding hydrogens is 280 g/mol. The van der Waals surface area contributed by atoms with Gasteiger partial charge < -0.3 is 11.1 Å². The highest BCUT2D eigenvalue weighted by Crippen LogP contribution is 2.17. The third-order valence-electron chi connectivity index (χ3n) is 3.37. The minimum Gasteiger partial charge on any atom is -0.395 e. The number of hydrogen-bond donors (Lipinski definition) is 2. The van der Waals surface area contributed by atoms with Crippen molar-refractivity contribution in [2.24, 2.45) is 0 Å². The molecule has 1 aromatic heterocycles. The smallest absolute Gasteiger partial charge is 0.271 e. The second-order valence-electron chi connectivity index (χ2n) is 5.38. The lowest BCUT2D eigenvalue weighted by Gasteiger charge is -2.22.